The SMILES string of the molecule is CC(=O)O[C@@H]1C=C2[C@@H](C(C)C)CC[C@@]2(C)CC1. The third-order valence-corrected chi connectivity index (χ3v) is 4.57. The topological polar surface area (TPSA) is 26.3 Å². The summed E-state index contributed by atoms with van der Waals surface area (Å²) in [6.45, 7) is 8.48. The molecule has 2 heteroatoms. The minimum absolute atomic E-state index is 0.0231. The normalized spacial score (nSPS) is 36.6. The van der Waals surface area contributed by atoms with Crippen molar-refractivity contribution in [2.45, 2.75) is 59.5 Å². The lowest BCUT2D eigenvalue weighted by Crippen LogP contribution is -2.28. The van der Waals surface area contributed by atoms with Crippen LogP contribution in [0.15, 0.2) is 11.6 Å². The van der Waals surface area contributed by atoms with Crippen LogP contribution in [0.1, 0.15) is 53.4 Å². The summed E-state index contributed by atoms with van der Waals surface area (Å²) in [6, 6.07) is 0. The van der Waals surface area contributed by atoms with E-state index in [1.807, 2.05) is 0 Å². The summed E-state index contributed by atoms with van der Waals surface area (Å²) in [5.74, 6) is 1.23. The molecule has 0 amide bonds. The van der Waals surface area contributed by atoms with Gasteiger partial charge in [-0.05, 0) is 49.0 Å². The fraction of sp³-hybridized carbons (Fsp3) is 0.800. The van der Waals surface area contributed by atoms with E-state index in [0.717, 1.165) is 6.42 Å². The van der Waals surface area contributed by atoms with E-state index < -0.39 is 0 Å². The van der Waals surface area contributed by atoms with Crippen LogP contribution in [0.3, 0.4) is 0 Å². The van der Waals surface area contributed by atoms with E-state index in [1.165, 1.54) is 26.2 Å². The Morgan fingerprint density at radius 3 is 2.65 bits per heavy atom. The quantitative estimate of drug-likeness (QED) is 0.539. The van der Waals surface area contributed by atoms with E-state index in [9.17, 15) is 4.79 Å². The van der Waals surface area contributed by atoms with Gasteiger partial charge in [0.15, 0.2) is 0 Å². The molecule has 2 rings (SSSR count). The van der Waals surface area contributed by atoms with Gasteiger partial charge < -0.3 is 4.74 Å². The fourth-order valence-electron chi connectivity index (χ4n) is 3.56. The molecular formula is C15H24O2. The van der Waals surface area contributed by atoms with E-state index in [0.29, 0.717) is 17.3 Å². The van der Waals surface area contributed by atoms with Crippen molar-refractivity contribution in [1.82, 2.24) is 0 Å². The first-order valence-electron chi connectivity index (χ1n) is 6.82. The average Bonchev–Trinajstić information content (AvgIpc) is 2.55. The zero-order valence-corrected chi connectivity index (χ0v) is 11.5. The maximum atomic E-state index is 11.0. The van der Waals surface area contributed by atoms with Gasteiger partial charge >= 0.3 is 5.97 Å². The first-order valence-corrected chi connectivity index (χ1v) is 6.82. The molecule has 0 N–H and O–H groups in total. The molecule has 0 aromatic rings. The van der Waals surface area contributed by atoms with Gasteiger partial charge in [-0.3, -0.25) is 4.79 Å². The van der Waals surface area contributed by atoms with Gasteiger partial charge in [-0.15, -0.1) is 0 Å². The number of rotatable bonds is 2. The monoisotopic (exact) mass is 236 g/mol. The van der Waals surface area contributed by atoms with Gasteiger partial charge in [0, 0.05) is 6.92 Å². The molecule has 0 aliphatic heterocycles. The highest BCUT2D eigenvalue weighted by molar-refractivity contribution is 5.66. The smallest absolute Gasteiger partial charge is 0.303 e. The van der Waals surface area contributed by atoms with Crippen LogP contribution in [-0.2, 0) is 9.53 Å². The Morgan fingerprint density at radius 2 is 2.06 bits per heavy atom. The largest absolute Gasteiger partial charge is 0.458 e. The van der Waals surface area contributed by atoms with E-state index in [-0.39, 0.29) is 12.1 Å². The number of carbonyl (C=O) groups excluding carboxylic acids is 1. The van der Waals surface area contributed by atoms with Gasteiger partial charge in [0.05, 0.1) is 0 Å². The molecule has 0 aromatic carbocycles. The molecule has 96 valence electrons. The predicted molar refractivity (Wildman–Crippen MR) is 68.5 cm³/mol. The van der Waals surface area contributed by atoms with Crippen molar-refractivity contribution < 1.29 is 9.53 Å². The standard InChI is InChI=1S/C15H24O2/c1-10(2)13-6-8-15(4)7-5-12(9-14(13)15)17-11(3)16/h9-10,12-13H,5-8H2,1-4H3/t12-,13+,15+/m0/s1. The molecule has 0 radical (unpaired) electrons. The fourth-order valence-corrected chi connectivity index (χ4v) is 3.56. The second kappa shape index (κ2) is 4.47. The predicted octanol–water partition coefficient (Wildman–Crippen LogP) is 3.71. The van der Waals surface area contributed by atoms with Crippen molar-refractivity contribution in [3.8, 4) is 0 Å². The summed E-state index contributed by atoms with van der Waals surface area (Å²) in [4.78, 5) is 11.0. The Morgan fingerprint density at radius 1 is 1.41 bits per heavy atom. The second-order valence-electron chi connectivity index (χ2n) is 6.26. The van der Waals surface area contributed by atoms with E-state index in [4.69, 9.17) is 4.74 Å². The maximum absolute atomic E-state index is 11.0. The zero-order valence-electron chi connectivity index (χ0n) is 11.5. The van der Waals surface area contributed by atoms with Gasteiger partial charge in [-0.25, -0.2) is 0 Å². The minimum atomic E-state index is -0.158. The molecular weight excluding hydrogens is 212 g/mol. The summed E-state index contributed by atoms with van der Waals surface area (Å²) in [5.41, 5.74) is 1.94. The molecule has 0 bridgehead atoms. The average molecular weight is 236 g/mol. The van der Waals surface area contributed by atoms with Crippen LogP contribution in [0.2, 0.25) is 0 Å². The van der Waals surface area contributed by atoms with Crippen molar-refractivity contribution in [2.24, 2.45) is 17.3 Å². The molecule has 0 saturated heterocycles. The summed E-state index contributed by atoms with van der Waals surface area (Å²) >= 11 is 0. The molecule has 3 atom stereocenters. The Bertz CT molecular complexity index is 343. The van der Waals surface area contributed by atoms with Gasteiger partial charge in [-0.1, -0.05) is 26.3 Å². The van der Waals surface area contributed by atoms with Gasteiger partial charge in [0.25, 0.3) is 0 Å². The number of esters is 1. The van der Waals surface area contributed by atoms with Crippen LogP contribution in [0.25, 0.3) is 0 Å². The van der Waals surface area contributed by atoms with E-state index >= 15 is 0 Å². The Balaban J connectivity index is 2.21. The Hall–Kier alpha value is -0.790. The van der Waals surface area contributed by atoms with Crippen molar-refractivity contribution >= 4 is 5.97 Å². The maximum Gasteiger partial charge on any atom is 0.303 e. The number of ether oxygens (including phenoxy) is 1. The zero-order chi connectivity index (χ0) is 12.6. The Kier molecular flexibility index (Phi) is 3.33. The third kappa shape index (κ3) is 2.41. The molecule has 0 spiro atoms. The third-order valence-electron chi connectivity index (χ3n) is 4.57. The Labute approximate surface area is 104 Å². The van der Waals surface area contributed by atoms with E-state index in [1.54, 1.807) is 5.57 Å². The first-order chi connectivity index (χ1) is 7.92. The number of hydrogen-bond donors (Lipinski definition) is 0. The molecule has 2 nitrogen and oxygen atoms in total. The molecule has 1 fully saturated rings. The lowest BCUT2D eigenvalue weighted by molar-refractivity contribution is -0.144. The van der Waals surface area contributed by atoms with Crippen molar-refractivity contribution in [2.75, 3.05) is 0 Å². The van der Waals surface area contributed by atoms with Crippen LogP contribution in [0.5, 0.6) is 0 Å². The molecule has 1 saturated carbocycles. The van der Waals surface area contributed by atoms with Gasteiger partial charge in [-0.2, -0.15) is 0 Å². The van der Waals surface area contributed by atoms with Crippen LogP contribution in [-0.4, -0.2) is 12.1 Å². The number of hydrogen-bond acceptors (Lipinski definition) is 2. The minimum Gasteiger partial charge on any atom is -0.458 e. The van der Waals surface area contributed by atoms with Crippen LogP contribution < -0.4 is 0 Å². The number of allylic oxidation sites excluding steroid dienone is 1. The lowest BCUT2D eigenvalue weighted by Gasteiger charge is -2.35. The van der Waals surface area contributed by atoms with Gasteiger partial charge in [0.1, 0.15) is 6.10 Å². The van der Waals surface area contributed by atoms with Crippen LogP contribution >= 0.6 is 0 Å². The summed E-state index contributed by atoms with van der Waals surface area (Å²) in [7, 11) is 0. The van der Waals surface area contributed by atoms with Crippen molar-refractivity contribution in [1.29, 1.82) is 0 Å². The highest BCUT2D eigenvalue weighted by Crippen LogP contribution is 2.54. The number of fused-ring (bicyclic) bond motifs is 1. The van der Waals surface area contributed by atoms with Crippen molar-refractivity contribution in [3.05, 3.63) is 11.6 Å². The lowest BCUT2D eigenvalue weighted by atomic mass is 9.72. The summed E-state index contributed by atoms with van der Waals surface area (Å²) in [5, 5.41) is 0. The summed E-state index contributed by atoms with van der Waals surface area (Å²) in [6.07, 6.45) is 7.03. The molecule has 17 heavy (non-hydrogen) atoms. The molecule has 0 heterocycles. The molecule has 0 unspecified atom stereocenters. The molecule has 2 aliphatic carbocycles. The van der Waals surface area contributed by atoms with Crippen LogP contribution in [0.4, 0.5) is 0 Å². The van der Waals surface area contributed by atoms with Gasteiger partial charge in [0.2, 0.25) is 0 Å². The second-order valence-corrected chi connectivity index (χ2v) is 6.26. The highest BCUT2D eigenvalue weighted by atomic mass is 16.5. The van der Waals surface area contributed by atoms with Crippen LogP contribution in [0, 0.1) is 17.3 Å². The van der Waals surface area contributed by atoms with E-state index in [2.05, 4.69) is 26.8 Å². The first kappa shape index (κ1) is 12.7. The molecule has 0 aromatic heterocycles. The summed E-state index contributed by atoms with van der Waals surface area (Å²) < 4.78 is 5.36. The number of carbonyl (C=O) groups is 1. The molecule has 2 aliphatic rings. The highest BCUT2D eigenvalue weighted by Gasteiger charge is 2.43. The van der Waals surface area contributed by atoms with Crippen molar-refractivity contribution in [3.63, 3.8) is 0 Å².